The Labute approximate surface area is 170 Å². The highest BCUT2D eigenvalue weighted by Gasteiger charge is 2.21. The van der Waals surface area contributed by atoms with Crippen LogP contribution in [0.4, 0.5) is 11.6 Å². The molecule has 0 spiro atoms. The Kier molecular flexibility index (Phi) is 6.58. The quantitative estimate of drug-likeness (QED) is 0.675. The second-order valence-corrected chi connectivity index (χ2v) is 7.56. The minimum Gasteiger partial charge on any atom is -0.383 e. The van der Waals surface area contributed by atoms with Gasteiger partial charge >= 0.3 is 0 Å². The third kappa shape index (κ3) is 5.45. The fourth-order valence-electron chi connectivity index (χ4n) is 3.65. The van der Waals surface area contributed by atoms with Crippen molar-refractivity contribution in [2.45, 2.75) is 25.7 Å². The minimum absolute atomic E-state index is 0.0477. The van der Waals surface area contributed by atoms with Gasteiger partial charge in [0.05, 0.1) is 23.5 Å². The molecule has 0 radical (unpaired) electrons. The van der Waals surface area contributed by atoms with E-state index >= 15 is 0 Å². The van der Waals surface area contributed by atoms with Crippen LogP contribution in [0.25, 0.3) is 11.4 Å². The zero-order valence-electron chi connectivity index (χ0n) is 16.4. The lowest BCUT2D eigenvalue weighted by Gasteiger charge is -2.22. The van der Waals surface area contributed by atoms with Gasteiger partial charge in [0.1, 0.15) is 5.69 Å². The second kappa shape index (κ2) is 9.71. The van der Waals surface area contributed by atoms with Crippen LogP contribution in [0.5, 0.6) is 0 Å². The van der Waals surface area contributed by atoms with Gasteiger partial charge in [-0.15, -0.1) is 5.10 Å². The maximum Gasteiger partial charge on any atom is 0.231 e. The van der Waals surface area contributed by atoms with Crippen molar-refractivity contribution in [1.29, 1.82) is 0 Å². The third-order valence-electron chi connectivity index (χ3n) is 5.41. The van der Waals surface area contributed by atoms with Crippen LogP contribution in [-0.4, -0.2) is 58.9 Å². The molecule has 29 heavy (non-hydrogen) atoms. The molecule has 0 aliphatic carbocycles. The van der Waals surface area contributed by atoms with E-state index in [9.17, 15) is 4.79 Å². The molecule has 0 saturated carbocycles. The molecule has 0 bridgehead atoms. The number of carbonyl (C=O) groups excluding carboxylic acids is 1. The SMILES string of the molecule is O=C(Nc1nccc(-c2cc(NCC3CCOCC3)cnn2)n1)C1CCCNC1. The first kappa shape index (κ1) is 19.7. The van der Waals surface area contributed by atoms with Gasteiger partial charge in [0, 0.05) is 32.5 Å². The Morgan fingerprint density at radius 3 is 2.97 bits per heavy atom. The van der Waals surface area contributed by atoms with E-state index < -0.39 is 0 Å². The number of hydrogen-bond acceptors (Lipinski definition) is 8. The van der Waals surface area contributed by atoms with Crippen LogP contribution in [0, 0.1) is 11.8 Å². The van der Waals surface area contributed by atoms with Crippen molar-refractivity contribution in [1.82, 2.24) is 25.5 Å². The topological polar surface area (TPSA) is 114 Å². The highest BCUT2D eigenvalue weighted by molar-refractivity contribution is 5.91. The van der Waals surface area contributed by atoms with Crippen LogP contribution in [0.2, 0.25) is 0 Å². The molecule has 2 aromatic heterocycles. The number of hydrogen-bond donors (Lipinski definition) is 3. The molecule has 3 N–H and O–H groups in total. The first-order chi connectivity index (χ1) is 14.3. The Morgan fingerprint density at radius 2 is 2.14 bits per heavy atom. The second-order valence-electron chi connectivity index (χ2n) is 7.56. The van der Waals surface area contributed by atoms with Crippen LogP contribution in [0.1, 0.15) is 25.7 Å². The Bertz CT molecular complexity index is 820. The zero-order valence-corrected chi connectivity index (χ0v) is 16.4. The summed E-state index contributed by atoms with van der Waals surface area (Å²) in [5.41, 5.74) is 2.16. The molecule has 2 fully saturated rings. The van der Waals surface area contributed by atoms with Crippen LogP contribution >= 0.6 is 0 Å². The molecule has 154 valence electrons. The van der Waals surface area contributed by atoms with Crippen molar-refractivity contribution >= 4 is 17.5 Å². The predicted molar refractivity (Wildman–Crippen MR) is 109 cm³/mol. The van der Waals surface area contributed by atoms with Gasteiger partial charge < -0.3 is 15.4 Å². The van der Waals surface area contributed by atoms with Gasteiger partial charge in [-0.3, -0.25) is 10.1 Å². The lowest BCUT2D eigenvalue weighted by Crippen LogP contribution is -2.37. The summed E-state index contributed by atoms with van der Waals surface area (Å²) in [7, 11) is 0. The van der Waals surface area contributed by atoms with E-state index in [-0.39, 0.29) is 11.8 Å². The number of nitrogens with zero attached hydrogens (tertiary/aromatic N) is 4. The fraction of sp³-hybridized carbons (Fsp3) is 0.550. The summed E-state index contributed by atoms with van der Waals surface area (Å²) in [6.07, 6.45) is 7.37. The average molecular weight is 397 g/mol. The van der Waals surface area contributed by atoms with Crippen LogP contribution < -0.4 is 16.0 Å². The molecular formula is C20H27N7O2. The number of piperidine rings is 1. The van der Waals surface area contributed by atoms with Crippen molar-refractivity contribution in [2.75, 3.05) is 43.5 Å². The van der Waals surface area contributed by atoms with Crippen molar-refractivity contribution in [3.8, 4) is 11.4 Å². The summed E-state index contributed by atoms with van der Waals surface area (Å²) in [5.74, 6) is 0.803. The molecule has 2 aromatic rings. The zero-order chi connectivity index (χ0) is 19.9. The van der Waals surface area contributed by atoms with E-state index in [0.29, 0.717) is 29.8 Å². The first-order valence-electron chi connectivity index (χ1n) is 10.3. The predicted octanol–water partition coefficient (Wildman–Crippen LogP) is 1.71. The van der Waals surface area contributed by atoms with E-state index in [1.807, 2.05) is 6.07 Å². The van der Waals surface area contributed by atoms with Gasteiger partial charge in [-0.05, 0) is 50.3 Å². The fourth-order valence-corrected chi connectivity index (χ4v) is 3.65. The van der Waals surface area contributed by atoms with Crippen molar-refractivity contribution in [3.05, 3.63) is 24.5 Å². The highest BCUT2D eigenvalue weighted by atomic mass is 16.5. The molecule has 2 aliphatic rings. The summed E-state index contributed by atoms with van der Waals surface area (Å²) in [6, 6.07) is 3.69. The Hall–Kier alpha value is -2.65. The Morgan fingerprint density at radius 1 is 1.24 bits per heavy atom. The summed E-state index contributed by atoms with van der Waals surface area (Å²) in [5, 5.41) is 17.8. The molecule has 1 atom stereocenters. The van der Waals surface area contributed by atoms with Gasteiger partial charge in [-0.25, -0.2) is 9.97 Å². The normalized spacial score (nSPS) is 20.2. The number of nitrogens with one attached hydrogen (secondary N) is 3. The van der Waals surface area contributed by atoms with Gasteiger partial charge in [-0.1, -0.05) is 0 Å². The number of amides is 1. The summed E-state index contributed by atoms with van der Waals surface area (Å²) in [4.78, 5) is 21.1. The lowest BCUT2D eigenvalue weighted by molar-refractivity contribution is -0.120. The number of rotatable bonds is 6. The summed E-state index contributed by atoms with van der Waals surface area (Å²) < 4.78 is 5.41. The molecule has 1 amide bonds. The van der Waals surface area contributed by atoms with Crippen molar-refractivity contribution in [3.63, 3.8) is 0 Å². The standard InChI is InChI=1S/C20H27N7O2/c28-19(15-2-1-6-21-12-15)26-20-22-7-3-17(25-20)18-10-16(13-24-27-18)23-11-14-4-8-29-9-5-14/h3,7,10,13-15,21H,1-2,4-6,8-9,11-12H2,(H,23,27)(H,22,25,26,28). The maximum absolute atomic E-state index is 12.4. The Balaban J connectivity index is 1.40. The van der Waals surface area contributed by atoms with Gasteiger partial charge in [0.2, 0.25) is 11.9 Å². The molecule has 2 saturated heterocycles. The number of aromatic nitrogens is 4. The third-order valence-corrected chi connectivity index (χ3v) is 5.41. The van der Waals surface area contributed by atoms with E-state index in [1.165, 1.54) is 0 Å². The molecule has 2 aliphatic heterocycles. The van der Waals surface area contributed by atoms with E-state index in [0.717, 1.165) is 57.7 Å². The smallest absolute Gasteiger partial charge is 0.231 e. The first-order valence-corrected chi connectivity index (χ1v) is 10.3. The maximum atomic E-state index is 12.4. The van der Waals surface area contributed by atoms with Gasteiger partial charge in [0.15, 0.2) is 0 Å². The number of anilines is 2. The minimum atomic E-state index is -0.0488. The highest BCUT2D eigenvalue weighted by Crippen LogP contribution is 2.20. The molecule has 0 aromatic carbocycles. The van der Waals surface area contributed by atoms with Gasteiger partial charge in [0.25, 0.3) is 0 Å². The van der Waals surface area contributed by atoms with Crippen molar-refractivity contribution in [2.24, 2.45) is 11.8 Å². The summed E-state index contributed by atoms with van der Waals surface area (Å²) >= 11 is 0. The monoisotopic (exact) mass is 397 g/mol. The summed E-state index contributed by atoms with van der Waals surface area (Å²) in [6.45, 7) is 4.21. The molecule has 1 unspecified atom stereocenters. The van der Waals surface area contributed by atoms with Crippen LogP contribution in [-0.2, 0) is 9.53 Å². The van der Waals surface area contributed by atoms with E-state index in [2.05, 4.69) is 36.1 Å². The van der Waals surface area contributed by atoms with E-state index in [1.54, 1.807) is 18.5 Å². The lowest BCUT2D eigenvalue weighted by atomic mass is 9.99. The molecule has 9 heteroatoms. The largest absolute Gasteiger partial charge is 0.383 e. The molecular weight excluding hydrogens is 370 g/mol. The van der Waals surface area contributed by atoms with E-state index in [4.69, 9.17) is 4.74 Å². The van der Waals surface area contributed by atoms with Gasteiger partial charge in [-0.2, -0.15) is 5.10 Å². The average Bonchev–Trinajstić information content (AvgIpc) is 2.79. The van der Waals surface area contributed by atoms with Crippen molar-refractivity contribution < 1.29 is 9.53 Å². The number of carbonyl (C=O) groups is 1. The number of ether oxygens (including phenoxy) is 1. The van der Waals surface area contributed by atoms with Crippen LogP contribution in [0.15, 0.2) is 24.5 Å². The molecule has 9 nitrogen and oxygen atoms in total. The van der Waals surface area contributed by atoms with Crippen LogP contribution in [0.3, 0.4) is 0 Å². The molecule has 4 heterocycles. The molecule has 4 rings (SSSR count).